The van der Waals surface area contributed by atoms with E-state index in [1.54, 1.807) is 0 Å². The van der Waals surface area contributed by atoms with Crippen LogP contribution >= 0.6 is 0 Å². The number of para-hydroxylation sites is 1. The molecule has 1 unspecified atom stereocenters. The molecule has 0 aliphatic rings. The van der Waals surface area contributed by atoms with Crippen molar-refractivity contribution < 1.29 is 4.52 Å². The molecule has 0 bridgehead atoms. The van der Waals surface area contributed by atoms with E-state index in [4.69, 9.17) is 4.52 Å². The summed E-state index contributed by atoms with van der Waals surface area (Å²) in [5, 5.41) is 8.35. The Labute approximate surface area is 117 Å². The average molecular weight is 268 g/mol. The Hall–Kier alpha value is -2.27. The van der Waals surface area contributed by atoms with Gasteiger partial charge in [0.1, 0.15) is 5.69 Å². The molecule has 1 aromatic carbocycles. The van der Waals surface area contributed by atoms with Gasteiger partial charge in [0.05, 0.1) is 11.6 Å². The van der Waals surface area contributed by atoms with Crippen LogP contribution in [0, 0.1) is 0 Å². The smallest absolute Gasteiger partial charge is 0.243 e. The molecule has 0 saturated heterocycles. The largest absolute Gasteiger partial charge is 0.337 e. The van der Waals surface area contributed by atoms with Crippen LogP contribution < -0.4 is 5.32 Å². The normalized spacial score (nSPS) is 12.7. The number of hydrogen-bond donors (Lipinski definition) is 1. The lowest BCUT2D eigenvalue weighted by atomic mass is 10.2. The van der Waals surface area contributed by atoms with Gasteiger partial charge in [-0.3, -0.25) is 0 Å². The van der Waals surface area contributed by atoms with Crippen LogP contribution in [0.15, 0.2) is 40.9 Å². The molecule has 5 nitrogen and oxygen atoms in total. The summed E-state index contributed by atoms with van der Waals surface area (Å²) in [6.07, 6.45) is 0. The summed E-state index contributed by atoms with van der Waals surface area (Å²) in [6, 6.07) is 11.9. The summed E-state index contributed by atoms with van der Waals surface area (Å²) in [5.74, 6) is 1.10. The first-order chi connectivity index (χ1) is 9.78. The lowest BCUT2D eigenvalue weighted by molar-refractivity contribution is 0.342. The molecule has 102 valence electrons. The lowest BCUT2D eigenvalue weighted by Gasteiger charge is -2.05. The van der Waals surface area contributed by atoms with E-state index in [0.29, 0.717) is 11.7 Å². The second-order valence-electron chi connectivity index (χ2n) is 4.62. The van der Waals surface area contributed by atoms with Gasteiger partial charge in [-0.25, -0.2) is 4.98 Å². The Morgan fingerprint density at radius 2 is 2.00 bits per heavy atom. The standard InChI is InChI=1S/C15H16N4O/c1-3-16-10(2)15-18-14(19-20-15)13-9-8-11-6-4-5-7-12(11)17-13/h4-10,16H,3H2,1-2H3. The first-order valence-electron chi connectivity index (χ1n) is 6.71. The molecule has 20 heavy (non-hydrogen) atoms. The zero-order chi connectivity index (χ0) is 13.9. The van der Waals surface area contributed by atoms with Gasteiger partial charge >= 0.3 is 0 Å². The molecular formula is C15H16N4O. The molecule has 0 spiro atoms. The van der Waals surface area contributed by atoms with Crippen LogP contribution in [0.25, 0.3) is 22.4 Å². The summed E-state index contributed by atoms with van der Waals surface area (Å²) < 4.78 is 5.28. The van der Waals surface area contributed by atoms with Crippen molar-refractivity contribution in [2.75, 3.05) is 6.54 Å². The van der Waals surface area contributed by atoms with E-state index in [-0.39, 0.29) is 6.04 Å². The quantitative estimate of drug-likeness (QED) is 0.788. The minimum Gasteiger partial charge on any atom is -0.337 e. The van der Waals surface area contributed by atoms with E-state index >= 15 is 0 Å². The highest BCUT2D eigenvalue weighted by molar-refractivity contribution is 5.80. The third kappa shape index (κ3) is 2.40. The van der Waals surface area contributed by atoms with Gasteiger partial charge < -0.3 is 9.84 Å². The van der Waals surface area contributed by atoms with E-state index in [1.807, 2.05) is 50.2 Å². The van der Waals surface area contributed by atoms with Crippen LogP contribution in [0.2, 0.25) is 0 Å². The van der Waals surface area contributed by atoms with Crippen LogP contribution in [0.5, 0.6) is 0 Å². The van der Waals surface area contributed by atoms with Crippen LogP contribution in [-0.2, 0) is 0 Å². The molecule has 0 aliphatic heterocycles. The van der Waals surface area contributed by atoms with E-state index in [0.717, 1.165) is 23.1 Å². The molecule has 0 saturated carbocycles. The monoisotopic (exact) mass is 268 g/mol. The number of nitrogens with one attached hydrogen (secondary N) is 1. The van der Waals surface area contributed by atoms with Crippen molar-refractivity contribution in [3.8, 4) is 11.5 Å². The van der Waals surface area contributed by atoms with Crippen molar-refractivity contribution >= 4 is 10.9 Å². The number of aromatic nitrogens is 3. The summed E-state index contributed by atoms with van der Waals surface area (Å²) >= 11 is 0. The molecule has 3 aromatic rings. The fourth-order valence-electron chi connectivity index (χ4n) is 2.10. The molecule has 1 N–H and O–H groups in total. The van der Waals surface area contributed by atoms with Crippen LogP contribution in [0.1, 0.15) is 25.8 Å². The van der Waals surface area contributed by atoms with Gasteiger partial charge in [0.25, 0.3) is 0 Å². The molecule has 5 heteroatoms. The average Bonchev–Trinajstić information content (AvgIpc) is 2.97. The van der Waals surface area contributed by atoms with Crippen molar-refractivity contribution in [2.45, 2.75) is 19.9 Å². The maximum Gasteiger partial charge on any atom is 0.243 e. The van der Waals surface area contributed by atoms with Gasteiger partial charge in [-0.15, -0.1) is 0 Å². The predicted molar refractivity (Wildman–Crippen MR) is 77.1 cm³/mol. The van der Waals surface area contributed by atoms with E-state index in [1.165, 1.54) is 0 Å². The van der Waals surface area contributed by atoms with Gasteiger partial charge in [0.2, 0.25) is 11.7 Å². The van der Waals surface area contributed by atoms with Crippen molar-refractivity contribution in [3.05, 3.63) is 42.3 Å². The van der Waals surface area contributed by atoms with Gasteiger partial charge in [-0.05, 0) is 25.6 Å². The maximum absolute atomic E-state index is 5.28. The summed E-state index contributed by atoms with van der Waals surface area (Å²) in [6.45, 7) is 4.89. The SMILES string of the molecule is CCNC(C)c1nc(-c2ccc3ccccc3n2)no1. The Kier molecular flexibility index (Phi) is 3.43. The topological polar surface area (TPSA) is 63.8 Å². The second-order valence-corrected chi connectivity index (χ2v) is 4.62. The predicted octanol–water partition coefficient (Wildman–Crippen LogP) is 2.96. The molecule has 0 aliphatic carbocycles. The Bertz CT molecular complexity index is 722. The highest BCUT2D eigenvalue weighted by Crippen LogP contribution is 2.20. The van der Waals surface area contributed by atoms with Gasteiger partial charge in [-0.2, -0.15) is 4.98 Å². The second kappa shape index (κ2) is 5.38. The van der Waals surface area contributed by atoms with Crippen molar-refractivity contribution in [3.63, 3.8) is 0 Å². The van der Waals surface area contributed by atoms with Crippen LogP contribution in [-0.4, -0.2) is 21.7 Å². The lowest BCUT2D eigenvalue weighted by Crippen LogP contribution is -2.17. The Morgan fingerprint density at radius 3 is 2.85 bits per heavy atom. The van der Waals surface area contributed by atoms with Crippen molar-refractivity contribution in [1.29, 1.82) is 0 Å². The van der Waals surface area contributed by atoms with Gasteiger partial charge in [0.15, 0.2) is 0 Å². The Morgan fingerprint density at radius 1 is 1.15 bits per heavy atom. The van der Waals surface area contributed by atoms with Gasteiger partial charge in [-0.1, -0.05) is 36.3 Å². The fourth-order valence-corrected chi connectivity index (χ4v) is 2.10. The summed E-state index contributed by atoms with van der Waals surface area (Å²) in [4.78, 5) is 8.96. The molecule has 0 radical (unpaired) electrons. The fraction of sp³-hybridized carbons (Fsp3) is 0.267. The molecular weight excluding hydrogens is 252 g/mol. The molecule has 2 heterocycles. The summed E-state index contributed by atoms with van der Waals surface area (Å²) in [7, 11) is 0. The molecule has 0 fully saturated rings. The minimum atomic E-state index is 0.0432. The third-order valence-corrected chi connectivity index (χ3v) is 3.15. The van der Waals surface area contributed by atoms with Crippen LogP contribution in [0.3, 0.4) is 0 Å². The number of nitrogens with zero attached hydrogens (tertiary/aromatic N) is 3. The van der Waals surface area contributed by atoms with E-state index in [9.17, 15) is 0 Å². The molecule has 1 atom stereocenters. The maximum atomic E-state index is 5.28. The molecule has 3 rings (SSSR count). The first-order valence-corrected chi connectivity index (χ1v) is 6.71. The van der Waals surface area contributed by atoms with Gasteiger partial charge in [0, 0.05) is 5.39 Å². The number of fused-ring (bicyclic) bond motifs is 1. The third-order valence-electron chi connectivity index (χ3n) is 3.15. The highest BCUT2D eigenvalue weighted by Gasteiger charge is 2.15. The van der Waals surface area contributed by atoms with Crippen molar-refractivity contribution in [2.24, 2.45) is 0 Å². The zero-order valence-corrected chi connectivity index (χ0v) is 11.5. The highest BCUT2D eigenvalue weighted by atomic mass is 16.5. The number of benzene rings is 1. The molecule has 2 aromatic heterocycles. The zero-order valence-electron chi connectivity index (χ0n) is 11.5. The number of hydrogen-bond acceptors (Lipinski definition) is 5. The number of pyridine rings is 1. The molecule has 0 amide bonds. The minimum absolute atomic E-state index is 0.0432. The van der Waals surface area contributed by atoms with E-state index < -0.39 is 0 Å². The Balaban J connectivity index is 1.94. The number of rotatable bonds is 4. The van der Waals surface area contributed by atoms with E-state index in [2.05, 4.69) is 20.4 Å². The van der Waals surface area contributed by atoms with Crippen LogP contribution in [0.4, 0.5) is 0 Å². The summed E-state index contributed by atoms with van der Waals surface area (Å²) in [5.41, 5.74) is 1.65. The first kappa shape index (κ1) is 12.7. The van der Waals surface area contributed by atoms with Crippen molar-refractivity contribution in [1.82, 2.24) is 20.4 Å².